The van der Waals surface area contributed by atoms with Gasteiger partial charge in [0.25, 0.3) is 0 Å². The van der Waals surface area contributed by atoms with Crippen LogP contribution in [-0.4, -0.2) is 15.0 Å². The molecule has 0 aliphatic heterocycles. The van der Waals surface area contributed by atoms with E-state index in [9.17, 15) is 0 Å². The van der Waals surface area contributed by atoms with E-state index in [-0.39, 0.29) is 0 Å². The second kappa shape index (κ2) is 12.9. The van der Waals surface area contributed by atoms with Crippen molar-refractivity contribution in [1.82, 2.24) is 15.0 Å². The molecule has 0 aliphatic rings. The molecule has 248 valence electrons. The summed E-state index contributed by atoms with van der Waals surface area (Å²) < 4.78 is 6.31. The number of fused-ring (bicyclic) bond motifs is 4. The van der Waals surface area contributed by atoms with Crippen LogP contribution < -0.4 is 0 Å². The van der Waals surface area contributed by atoms with Crippen molar-refractivity contribution in [3.63, 3.8) is 0 Å². The Morgan fingerprint density at radius 3 is 1.40 bits per heavy atom. The fourth-order valence-corrected chi connectivity index (χ4v) is 7.31. The lowest BCUT2D eigenvalue weighted by Gasteiger charge is -2.13. The van der Waals surface area contributed by atoms with Crippen molar-refractivity contribution in [2.45, 2.75) is 0 Å². The predicted octanol–water partition coefficient (Wildman–Crippen LogP) is 12.9. The molecule has 0 N–H and O–H groups in total. The molecule has 4 nitrogen and oxygen atoms in total. The highest BCUT2D eigenvalue weighted by Gasteiger charge is 2.18. The Morgan fingerprint density at radius 2 is 0.774 bits per heavy atom. The van der Waals surface area contributed by atoms with Crippen molar-refractivity contribution in [3.05, 3.63) is 188 Å². The summed E-state index contributed by atoms with van der Waals surface area (Å²) in [5.41, 5.74) is 11.3. The Bertz CT molecular complexity index is 2810. The first kappa shape index (κ1) is 30.6. The average molecular weight is 678 g/mol. The predicted molar refractivity (Wildman–Crippen MR) is 217 cm³/mol. The van der Waals surface area contributed by atoms with Gasteiger partial charge in [-0.1, -0.05) is 164 Å². The summed E-state index contributed by atoms with van der Waals surface area (Å²) in [6.07, 6.45) is 0. The van der Waals surface area contributed by atoms with E-state index in [1.54, 1.807) is 0 Å². The van der Waals surface area contributed by atoms with Gasteiger partial charge in [0.2, 0.25) is 0 Å². The number of furan rings is 1. The molecule has 0 saturated heterocycles. The lowest BCUT2D eigenvalue weighted by molar-refractivity contribution is 0.669. The van der Waals surface area contributed by atoms with Gasteiger partial charge in [-0.25, -0.2) is 15.0 Å². The SMILES string of the molecule is c1ccc(-c2ccc(-c3nc(-c4ccc(-c5ccccc5)cc4)nc(-c4cc(-c5cccc6oc7ccccc7c56)c5ccccc5c4)n3)cc2)cc1. The van der Waals surface area contributed by atoms with E-state index in [1.807, 2.05) is 30.3 Å². The average Bonchev–Trinajstić information content (AvgIpc) is 3.63. The van der Waals surface area contributed by atoms with Gasteiger partial charge in [0.1, 0.15) is 11.2 Å². The molecule has 0 aliphatic carbocycles. The third-order valence-corrected chi connectivity index (χ3v) is 9.95. The Labute approximate surface area is 306 Å². The van der Waals surface area contributed by atoms with Gasteiger partial charge in [-0.2, -0.15) is 0 Å². The smallest absolute Gasteiger partial charge is 0.164 e. The highest BCUT2D eigenvalue weighted by Crippen LogP contribution is 2.41. The summed E-state index contributed by atoms with van der Waals surface area (Å²) >= 11 is 0. The number of nitrogens with zero attached hydrogens (tertiary/aromatic N) is 3. The first-order chi connectivity index (χ1) is 26.2. The Hall–Kier alpha value is -7.17. The molecule has 0 bridgehead atoms. The van der Waals surface area contributed by atoms with Crippen molar-refractivity contribution in [2.24, 2.45) is 0 Å². The number of benzene rings is 8. The Kier molecular flexibility index (Phi) is 7.43. The first-order valence-corrected chi connectivity index (χ1v) is 17.8. The van der Waals surface area contributed by atoms with Crippen LogP contribution in [0.1, 0.15) is 0 Å². The van der Waals surface area contributed by atoms with E-state index in [2.05, 4.69) is 158 Å². The monoisotopic (exact) mass is 677 g/mol. The van der Waals surface area contributed by atoms with E-state index >= 15 is 0 Å². The van der Waals surface area contributed by atoms with Gasteiger partial charge in [-0.3, -0.25) is 0 Å². The lowest BCUT2D eigenvalue weighted by Crippen LogP contribution is -2.00. The van der Waals surface area contributed by atoms with E-state index in [0.29, 0.717) is 17.5 Å². The summed E-state index contributed by atoms with van der Waals surface area (Å²) in [7, 11) is 0. The van der Waals surface area contributed by atoms with Crippen LogP contribution in [0.2, 0.25) is 0 Å². The van der Waals surface area contributed by atoms with Gasteiger partial charge in [-0.05, 0) is 68.4 Å². The molecule has 0 saturated carbocycles. The fourth-order valence-electron chi connectivity index (χ4n) is 7.31. The molecule has 2 aromatic heterocycles. The minimum Gasteiger partial charge on any atom is -0.456 e. The van der Waals surface area contributed by atoms with E-state index in [4.69, 9.17) is 19.4 Å². The Balaban J connectivity index is 1.16. The summed E-state index contributed by atoms with van der Waals surface area (Å²) in [5, 5.41) is 4.44. The first-order valence-electron chi connectivity index (χ1n) is 17.8. The van der Waals surface area contributed by atoms with Crippen molar-refractivity contribution in [1.29, 1.82) is 0 Å². The maximum Gasteiger partial charge on any atom is 0.164 e. The van der Waals surface area contributed by atoms with Crippen LogP contribution in [0.15, 0.2) is 192 Å². The van der Waals surface area contributed by atoms with Gasteiger partial charge in [0.05, 0.1) is 0 Å². The molecule has 0 fully saturated rings. The van der Waals surface area contributed by atoms with E-state index in [1.165, 1.54) is 11.1 Å². The number of aromatic nitrogens is 3. The summed E-state index contributed by atoms with van der Waals surface area (Å²) in [4.78, 5) is 15.4. The molecule has 10 rings (SSSR count). The molecule has 2 heterocycles. The molecule has 0 unspecified atom stereocenters. The molecule has 0 atom stereocenters. The van der Waals surface area contributed by atoms with E-state index < -0.39 is 0 Å². The van der Waals surface area contributed by atoms with E-state index in [0.717, 1.165) is 71.7 Å². The van der Waals surface area contributed by atoms with Gasteiger partial charge in [0, 0.05) is 27.5 Å². The van der Waals surface area contributed by atoms with Crippen molar-refractivity contribution < 1.29 is 4.42 Å². The maximum absolute atomic E-state index is 6.31. The largest absolute Gasteiger partial charge is 0.456 e. The summed E-state index contributed by atoms with van der Waals surface area (Å²) in [5.74, 6) is 1.85. The maximum atomic E-state index is 6.31. The standard InChI is InChI=1S/C49H31N3O/c1-3-12-32(13-4-1)34-22-26-36(27-23-34)47-50-48(37-28-24-35(25-29-37)33-14-5-2-6-15-33)52-49(51-47)39-30-38-16-7-8-17-40(38)43(31-39)41-19-11-21-45-46(41)42-18-9-10-20-44(42)53-45/h1-31H. The van der Waals surface area contributed by atoms with Crippen LogP contribution in [0.25, 0.3) is 100 Å². The van der Waals surface area contributed by atoms with Crippen molar-refractivity contribution in [2.75, 3.05) is 0 Å². The van der Waals surface area contributed by atoms with Crippen molar-refractivity contribution >= 4 is 32.7 Å². The number of para-hydroxylation sites is 1. The lowest BCUT2D eigenvalue weighted by atomic mass is 9.92. The van der Waals surface area contributed by atoms with Gasteiger partial charge < -0.3 is 4.42 Å². The molecule has 8 aromatic carbocycles. The molecule has 10 aromatic rings. The van der Waals surface area contributed by atoms with Crippen LogP contribution >= 0.6 is 0 Å². The number of rotatable bonds is 6. The van der Waals surface area contributed by atoms with Gasteiger partial charge in [0.15, 0.2) is 17.5 Å². The minimum absolute atomic E-state index is 0.612. The summed E-state index contributed by atoms with van der Waals surface area (Å²) in [6, 6.07) is 65.2. The normalized spacial score (nSPS) is 11.4. The molecule has 0 radical (unpaired) electrons. The third-order valence-electron chi connectivity index (χ3n) is 9.95. The second-order valence-corrected chi connectivity index (χ2v) is 13.2. The van der Waals surface area contributed by atoms with Crippen molar-refractivity contribution in [3.8, 4) is 67.5 Å². The van der Waals surface area contributed by atoms with Crippen LogP contribution in [0.3, 0.4) is 0 Å². The Morgan fingerprint density at radius 1 is 0.302 bits per heavy atom. The molecular formula is C49H31N3O. The fraction of sp³-hybridized carbons (Fsp3) is 0. The van der Waals surface area contributed by atoms with Gasteiger partial charge >= 0.3 is 0 Å². The number of hydrogen-bond donors (Lipinski definition) is 0. The van der Waals surface area contributed by atoms with Crippen LogP contribution in [-0.2, 0) is 0 Å². The quantitative estimate of drug-likeness (QED) is 0.176. The van der Waals surface area contributed by atoms with Crippen LogP contribution in [0.4, 0.5) is 0 Å². The van der Waals surface area contributed by atoms with Crippen LogP contribution in [0.5, 0.6) is 0 Å². The number of hydrogen-bond acceptors (Lipinski definition) is 4. The minimum atomic E-state index is 0.612. The second-order valence-electron chi connectivity index (χ2n) is 13.2. The zero-order valence-corrected chi connectivity index (χ0v) is 28.6. The molecule has 0 spiro atoms. The topological polar surface area (TPSA) is 51.8 Å². The molecule has 53 heavy (non-hydrogen) atoms. The molecule has 0 amide bonds. The van der Waals surface area contributed by atoms with Crippen LogP contribution in [0, 0.1) is 0 Å². The summed E-state index contributed by atoms with van der Waals surface area (Å²) in [6.45, 7) is 0. The highest BCUT2D eigenvalue weighted by molar-refractivity contribution is 6.15. The highest BCUT2D eigenvalue weighted by atomic mass is 16.3. The molecular weight excluding hydrogens is 647 g/mol. The van der Waals surface area contributed by atoms with Gasteiger partial charge in [-0.15, -0.1) is 0 Å². The third kappa shape index (κ3) is 5.63. The zero-order valence-electron chi connectivity index (χ0n) is 28.6. The molecule has 4 heteroatoms. The zero-order chi connectivity index (χ0) is 35.1.